The molecule has 0 radical (unpaired) electrons. The number of anilines is 2. The first-order valence-electron chi connectivity index (χ1n) is 9.23. The van der Waals surface area contributed by atoms with Gasteiger partial charge in [-0.1, -0.05) is 23.7 Å². The van der Waals surface area contributed by atoms with Gasteiger partial charge in [0.2, 0.25) is 5.95 Å². The van der Waals surface area contributed by atoms with E-state index in [1.165, 1.54) is 0 Å². The van der Waals surface area contributed by atoms with Gasteiger partial charge in [0.1, 0.15) is 5.75 Å². The summed E-state index contributed by atoms with van der Waals surface area (Å²) in [7, 11) is 1.54. The van der Waals surface area contributed by atoms with Gasteiger partial charge in [-0.15, -0.1) is 0 Å². The van der Waals surface area contributed by atoms with Crippen molar-refractivity contribution in [1.29, 1.82) is 0 Å². The number of rotatable bonds is 4. The lowest BCUT2D eigenvalue weighted by atomic mass is 9.97. The van der Waals surface area contributed by atoms with E-state index in [1.54, 1.807) is 37.6 Å². The highest BCUT2D eigenvalue weighted by atomic mass is 35.5. The number of benzene rings is 3. The monoisotopic (exact) mass is 418 g/mol. The van der Waals surface area contributed by atoms with Crippen LogP contribution in [0.3, 0.4) is 0 Å². The van der Waals surface area contributed by atoms with Crippen molar-refractivity contribution < 1.29 is 9.53 Å². The minimum atomic E-state index is -0.256. The Labute approximate surface area is 178 Å². The van der Waals surface area contributed by atoms with E-state index < -0.39 is 0 Å². The van der Waals surface area contributed by atoms with E-state index in [0.717, 1.165) is 27.6 Å². The van der Waals surface area contributed by atoms with Crippen LogP contribution in [0.2, 0.25) is 5.02 Å². The molecule has 7 heteroatoms. The molecule has 3 aromatic carbocycles. The predicted octanol–water partition coefficient (Wildman–Crippen LogP) is 5.10. The molecule has 1 amide bonds. The predicted molar refractivity (Wildman–Crippen MR) is 120 cm³/mol. The topological polar surface area (TPSA) is 90.1 Å². The highest BCUT2D eigenvalue weighted by molar-refractivity contribution is 6.31. The van der Waals surface area contributed by atoms with E-state index in [1.807, 2.05) is 37.3 Å². The first-order valence-corrected chi connectivity index (χ1v) is 9.60. The highest BCUT2D eigenvalue weighted by Crippen LogP contribution is 2.30. The van der Waals surface area contributed by atoms with Crippen LogP contribution in [-0.2, 0) is 0 Å². The summed E-state index contributed by atoms with van der Waals surface area (Å²) in [6, 6.07) is 16.5. The molecule has 1 aromatic heterocycles. The van der Waals surface area contributed by atoms with Gasteiger partial charge in [0, 0.05) is 22.2 Å². The zero-order chi connectivity index (χ0) is 21.3. The molecule has 0 fully saturated rings. The van der Waals surface area contributed by atoms with E-state index in [0.29, 0.717) is 22.0 Å². The maximum Gasteiger partial charge on any atom is 0.255 e. The standard InChI is InChI=1S/C23H19ClN4O2/c1-13-3-4-15(22(29)27-20-11-17(24)6-8-21(20)30-2)10-18(13)14-5-7-19-16(9-14)12-26-23(25)28-19/h3-12H,1-2H3,(H,27,29)(H2,25,26,28). The van der Waals surface area contributed by atoms with E-state index in [9.17, 15) is 4.79 Å². The molecule has 6 nitrogen and oxygen atoms in total. The second kappa shape index (κ2) is 8.00. The number of hydrogen-bond acceptors (Lipinski definition) is 5. The van der Waals surface area contributed by atoms with Crippen molar-refractivity contribution in [2.75, 3.05) is 18.2 Å². The Kier molecular flexibility index (Phi) is 5.25. The third kappa shape index (κ3) is 3.90. The van der Waals surface area contributed by atoms with E-state index in [4.69, 9.17) is 22.1 Å². The second-order valence-corrected chi connectivity index (χ2v) is 7.27. The summed E-state index contributed by atoms with van der Waals surface area (Å²) in [5.41, 5.74) is 10.4. The molecule has 0 spiro atoms. The fourth-order valence-electron chi connectivity index (χ4n) is 3.26. The molecular weight excluding hydrogens is 400 g/mol. The van der Waals surface area contributed by atoms with Gasteiger partial charge in [-0.3, -0.25) is 4.79 Å². The van der Waals surface area contributed by atoms with Crippen LogP contribution in [0.4, 0.5) is 11.6 Å². The van der Waals surface area contributed by atoms with Gasteiger partial charge in [0.25, 0.3) is 5.91 Å². The number of nitrogen functional groups attached to an aromatic ring is 1. The average molecular weight is 419 g/mol. The van der Waals surface area contributed by atoms with Crippen molar-refractivity contribution in [3.63, 3.8) is 0 Å². The molecule has 1 heterocycles. The number of ether oxygens (including phenoxy) is 1. The summed E-state index contributed by atoms with van der Waals surface area (Å²) >= 11 is 6.06. The molecule has 3 N–H and O–H groups in total. The summed E-state index contributed by atoms with van der Waals surface area (Å²) in [5.74, 6) is 0.518. The average Bonchev–Trinajstić information content (AvgIpc) is 2.74. The summed E-state index contributed by atoms with van der Waals surface area (Å²) < 4.78 is 5.30. The van der Waals surface area contributed by atoms with Crippen molar-refractivity contribution in [2.24, 2.45) is 0 Å². The van der Waals surface area contributed by atoms with Crippen LogP contribution >= 0.6 is 11.6 Å². The normalized spacial score (nSPS) is 10.8. The van der Waals surface area contributed by atoms with Crippen LogP contribution in [-0.4, -0.2) is 23.0 Å². The van der Waals surface area contributed by atoms with Gasteiger partial charge in [-0.25, -0.2) is 9.97 Å². The molecule has 150 valence electrons. The van der Waals surface area contributed by atoms with Crippen LogP contribution < -0.4 is 15.8 Å². The summed E-state index contributed by atoms with van der Waals surface area (Å²) in [6.07, 6.45) is 1.69. The Morgan fingerprint density at radius 1 is 1.10 bits per heavy atom. The van der Waals surface area contributed by atoms with Crippen LogP contribution in [0.5, 0.6) is 5.75 Å². The number of fused-ring (bicyclic) bond motifs is 1. The molecule has 30 heavy (non-hydrogen) atoms. The molecule has 0 aliphatic heterocycles. The molecule has 0 saturated carbocycles. The third-order valence-electron chi connectivity index (χ3n) is 4.82. The van der Waals surface area contributed by atoms with Crippen molar-refractivity contribution >= 4 is 40.0 Å². The number of carbonyl (C=O) groups excluding carboxylic acids is 1. The summed E-state index contributed by atoms with van der Waals surface area (Å²) in [6.45, 7) is 2.00. The molecule has 0 unspecified atom stereocenters. The van der Waals surface area contributed by atoms with Gasteiger partial charge in [0.05, 0.1) is 18.3 Å². The number of halogens is 1. The van der Waals surface area contributed by atoms with Crippen molar-refractivity contribution in [3.8, 4) is 16.9 Å². The lowest BCUT2D eigenvalue weighted by molar-refractivity contribution is 0.102. The third-order valence-corrected chi connectivity index (χ3v) is 5.05. The van der Waals surface area contributed by atoms with Crippen LogP contribution in [0.25, 0.3) is 22.0 Å². The molecular formula is C23H19ClN4O2. The Morgan fingerprint density at radius 3 is 2.73 bits per heavy atom. The molecule has 0 aliphatic rings. The first kappa shape index (κ1) is 19.7. The largest absolute Gasteiger partial charge is 0.495 e. The number of methoxy groups -OCH3 is 1. The van der Waals surface area contributed by atoms with Crippen molar-refractivity contribution in [2.45, 2.75) is 6.92 Å². The fraction of sp³-hybridized carbons (Fsp3) is 0.0870. The van der Waals surface area contributed by atoms with Crippen molar-refractivity contribution in [3.05, 3.63) is 76.9 Å². The Balaban J connectivity index is 1.69. The molecule has 0 saturated heterocycles. The van der Waals surface area contributed by atoms with Gasteiger partial charge in [0.15, 0.2) is 0 Å². The highest BCUT2D eigenvalue weighted by Gasteiger charge is 2.13. The number of aryl methyl sites for hydroxylation is 1. The molecule has 0 bridgehead atoms. The van der Waals surface area contributed by atoms with Crippen LogP contribution in [0.1, 0.15) is 15.9 Å². The summed E-state index contributed by atoms with van der Waals surface area (Å²) in [5, 5.41) is 4.25. The quantitative estimate of drug-likeness (QED) is 0.481. The second-order valence-electron chi connectivity index (χ2n) is 6.83. The minimum absolute atomic E-state index is 0.238. The maximum atomic E-state index is 12.9. The molecule has 0 atom stereocenters. The lowest BCUT2D eigenvalue weighted by Gasteiger charge is -2.13. The number of nitrogens with two attached hydrogens (primary N) is 1. The fourth-order valence-corrected chi connectivity index (χ4v) is 3.43. The zero-order valence-corrected chi connectivity index (χ0v) is 17.2. The minimum Gasteiger partial charge on any atom is -0.495 e. The molecule has 4 rings (SSSR count). The van der Waals surface area contributed by atoms with E-state index in [2.05, 4.69) is 15.3 Å². The Morgan fingerprint density at radius 2 is 1.93 bits per heavy atom. The van der Waals surface area contributed by atoms with Crippen LogP contribution in [0, 0.1) is 6.92 Å². The Hall–Kier alpha value is -3.64. The number of nitrogens with one attached hydrogen (secondary N) is 1. The van der Waals surface area contributed by atoms with Gasteiger partial charge >= 0.3 is 0 Å². The maximum absolute atomic E-state index is 12.9. The number of amides is 1. The van der Waals surface area contributed by atoms with E-state index >= 15 is 0 Å². The number of hydrogen-bond donors (Lipinski definition) is 2. The van der Waals surface area contributed by atoms with Gasteiger partial charge in [-0.2, -0.15) is 0 Å². The summed E-state index contributed by atoms with van der Waals surface area (Å²) in [4.78, 5) is 21.2. The van der Waals surface area contributed by atoms with Crippen molar-refractivity contribution in [1.82, 2.24) is 9.97 Å². The van der Waals surface area contributed by atoms with E-state index in [-0.39, 0.29) is 11.9 Å². The number of nitrogens with zero attached hydrogens (tertiary/aromatic N) is 2. The van der Waals surface area contributed by atoms with Gasteiger partial charge in [-0.05, 0) is 66.1 Å². The smallest absolute Gasteiger partial charge is 0.255 e. The first-order chi connectivity index (χ1) is 14.4. The lowest BCUT2D eigenvalue weighted by Crippen LogP contribution is -2.13. The Bertz CT molecular complexity index is 1270. The SMILES string of the molecule is COc1ccc(Cl)cc1NC(=O)c1ccc(C)c(-c2ccc3nc(N)ncc3c2)c1. The number of aromatic nitrogens is 2. The molecule has 4 aromatic rings. The van der Waals surface area contributed by atoms with Crippen LogP contribution in [0.15, 0.2) is 60.8 Å². The zero-order valence-electron chi connectivity index (χ0n) is 16.4. The molecule has 0 aliphatic carbocycles. The van der Waals surface area contributed by atoms with Gasteiger partial charge < -0.3 is 15.8 Å². The number of carbonyl (C=O) groups is 1.